The van der Waals surface area contributed by atoms with Crippen molar-refractivity contribution < 1.29 is 9.18 Å². The van der Waals surface area contributed by atoms with Crippen LogP contribution in [-0.4, -0.2) is 35.5 Å². The molecular weight excluding hydrogens is 330 g/mol. The number of nitrogens with zero attached hydrogens (tertiary/aromatic N) is 2. The number of halogens is 3. The van der Waals surface area contributed by atoms with Crippen LogP contribution >= 0.6 is 24.8 Å². The number of aromatic nitrogens is 2. The quantitative estimate of drug-likeness (QED) is 0.786. The molecule has 0 bridgehead atoms. The number of carbonyl (C=O) groups is 1. The van der Waals surface area contributed by atoms with E-state index in [1.165, 1.54) is 24.5 Å². The first-order valence-electron chi connectivity index (χ1n) is 6.61. The van der Waals surface area contributed by atoms with Gasteiger partial charge in [-0.3, -0.25) is 14.8 Å². The lowest BCUT2D eigenvalue weighted by molar-refractivity contribution is 0.0955. The van der Waals surface area contributed by atoms with Gasteiger partial charge in [-0.05, 0) is 19.0 Å². The molecule has 0 radical (unpaired) electrons. The fraction of sp³-hybridized carbons (Fsp3) is 0.357. The molecule has 0 saturated heterocycles. The van der Waals surface area contributed by atoms with E-state index in [-0.39, 0.29) is 36.3 Å². The summed E-state index contributed by atoms with van der Waals surface area (Å²) in [5.41, 5.74) is 0.998. The molecule has 0 fully saturated rings. The Kier molecular flexibility index (Phi) is 9.56. The summed E-state index contributed by atoms with van der Waals surface area (Å²) in [5, 5.41) is 5.91. The molecule has 1 aromatic heterocycles. The topological polar surface area (TPSA) is 66.9 Å². The number of hydrogen-bond acceptors (Lipinski definition) is 4. The monoisotopic (exact) mass is 348 g/mol. The van der Waals surface area contributed by atoms with Gasteiger partial charge in [-0.1, -0.05) is 6.92 Å². The van der Waals surface area contributed by atoms with E-state index in [1.54, 1.807) is 0 Å². The smallest absolute Gasteiger partial charge is 0.253 e. The van der Waals surface area contributed by atoms with Crippen molar-refractivity contribution in [3.63, 3.8) is 0 Å². The molecule has 1 amide bonds. The third-order valence-corrected chi connectivity index (χ3v) is 2.80. The summed E-state index contributed by atoms with van der Waals surface area (Å²) in [6.45, 7) is 4.14. The predicted octanol–water partition coefficient (Wildman–Crippen LogP) is 2.34. The minimum absolute atomic E-state index is 0. The van der Waals surface area contributed by atoms with Gasteiger partial charge in [0.05, 0.1) is 11.1 Å². The average Bonchev–Trinajstić information content (AvgIpc) is 2.46. The van der Waals surface area contributed by atoms with Crippen LogP contribution in [0.25, 0.3) is 11.0 Å². The number of fused-ring (bicyclic) bond motifs is 1. The third-order valence-electron chi connectivity index (χ3n) is 2.80. The van der Waals surface area contributed by atoms with Gasteiger partial charge in [-0.2, -0.15) is 0 Å². The Morgan fingerprint density at radius 2 is 1.86 bits per heavy atom. The molecule has 0 aliphatic carbocycles. The van der Waals surface area contributed by atoms with E-state index >= 15 is 0 Å². The summed E-state index contributed by atoms with van der Waals surface area (Å²) in [6.07, 6.45) is 4.00. The molecule has 2 rings (SSSR count). The van der Waals surface area contributed by atoms with Crippen LogP contribution in [0.5, 0.6) is 0 Å². The van der Waals surface area contributed by atoms with Crippen LogP contribution in [0, 0.1) is 5.82 Å². The fourth-order valence-electron chi connectivity index (χ4n) is 1.87. The first-order chi connectivity index (χ1) is 9.72. The van der Waals surface area contributed by atoms with Crippen molar-refractivity contribution in [2.75, 3.05) is 19.6 Å². The highest BCUT2D eigenvalue weighted by Gasteiger charge is 2.13. The molecule has 0 aliphatic rings. The molecule has 0 aliphatic heterocycles. The van der Waals surface area contributed by atoms with Crippen LogP contribution in [0.4, 0.5) is 4.39 Å². The average molecular weight is 349 g/mol. The molecule has 0 unspecified atom stereocenters. The van der Waals surface area contributed by atoms with Crippen molar-refractivity contribution in [3.05, 3.63) is 35.9 Å². The van der Waals surface area contributed by atoms with Crippen molar-refractivity contribution in [2.45, 2.75) is 13.3 Å². The molecule has 1 aromatic carbocycles. The molecule has 2 N–H and O–H groups in total. The van der Waals surface area contributed by atoms with Gasteiger partial charge in [0.2, 0.25) is 0 Å². The van der Waals surface area contributed by atoms with Gasteiger partial charge in [0.15, 0.2) is 0 Å². The lowest BCUT2D eigenvalue weighted by atomic mass is 10.1. The summed E-state index contributed by atoms with van der Waals surface area (Å²) < 4.78 is 13.5. The highest BCUT2D eigenvalue weighted by molar-refractivity contribution is 6.04. The molecule has 0 atom stereocenters. The molecule has 22 heavy (non-hydrogen) atoms. The second kappa shape index (κ2) is 10.3. The van der Waals surface area contributed by atoms with E-state index in [2.05, 4.69) is 27.5 Å². The SMILES string of the molecule is CCCNCCNC(=O)c1cc(F)cc2nccnc12.Cl.Cl. The Balaban J connectivity index is 0.00000220. The van der Waals surface area contributed by atoms with E-state index in [9.17, 15) is 9.18 Å². The number of benzene rings is 1. The molecule has 0 saturated carbocycles. The van der Waals surface area contributed by atoms with E-state index in [4.69, 9.17) is 0 Å². The van der Waals surface area contributed by atoms with Gasteiger partial charge in [0.1, 0.15) is 11.3 Å². The summed E-state index contributed by atoms with van der Waals surface area (Å²) in [4.78, 5) is 20.2. The molecule has 2 aromatic rings. The van der Waals surface area contributed by atoms with Crippen molar-refractivity contribution in [2.24, 2.45) is 0 Å². The number of carbonyl (C=O) groups excluding carboxylic acids is 1. The maximum atomic E-state index is 13.5. The Labute approximate surface area is 140 Å². The van der Waals surface area contributed by atoms with Crippen LogP contribution in [0.2, 0.25) is 0 Å². The second-order valence-electron chi connectivity index (χ2n) is 4.38. The van der Waals surface area contributed by atoms with Crippen LogP contribution in [0.1, 0.15) is 23.7 Å². The molecule has 1 heterocycles. The number of nitrogens with one attached hydrogen (secondary N) is 2. The Morgan fingerprint density at radius 3 is 2.59 bits per heavy atom. The van der Waals surface area contributed by atoms with Crippen LogP contribution in [0.15, 0.2) is 24.5 Å². The largest absolute Gasteiger partial charge is 0.351 e. The maximum Gasteiger partial charge on any atom is 0.253 e. The Morgan fingerprint density at radius 1 is 1.14 bits per heavy atom. The zero-order valence-corrected chi connectivity index (χ0v) is 13.8. The lowest BCUT2D eigenvalue weighted by Gasteiger charge is -2.08. The minimum Gasteiger partial charge on any atom is -0.351 e. The standard InChI is InChI=1S/C14H17FN4O.2ClH/c1-2-3-16-4-5-19-14(20)11-8-10(15)9-12-13(11)18-7-6-17-12;;/h6-9,16H,2-5H2,1H3,(H,19,20);2*1H. The van der Waals surface area contributed by atoms with Crippen molar-refractivity contribution in [1.82, 2.24) is 20.6 Å². The second-order valence-corrected chi connectivity index (χ2v) is 4.38. The van der Waals surface area contributed by atoms with Crippen LogP contribution < -0.4 is 10.6 Å². The normalized spacial score (nSPS) is 9.73. The third kappa shape index (κ3) is 5.36. The van der Waals surface area contributed by atoms with Crippen molar-refractivity contribution in [3.8, 4) is 0 Å². The van der Waals surface area contributed by atoms with E-state index < -0.39 is 5.82 Å². The maximum absolute atomic E-state index is 13.5. The first kappa shape index (κ1) is 20.5. The molecule has 8 heteroatoms. The molecule has 0 spiro atoms. The first-order valence-corrected chi connectivity index (χ1v) is 6.61. The number of hydrogen-bond donors (Lipinski definition) is 2. The lowest BCUT2D eigenvalue weighted by Crippen LogP contribution is -2.32. The van der Waals surface area contributed by atoms with E-state index in [1.807, 2.05) is 0 Å². The van der Waals surface area contributed by atoms with Gasteiger partial charge in [0, 0.05) is 31.5 Å². The summed E-state index contributed by atoms with van der Waals surface area (Å²) in [7, 11) is 0. The zero-order valence-electron chi connectivity index (χ0n) is 12.1. The summed E-state index contributed by atoms with van der Waals surface area (Å²) >= 11 is 0. The summed E-state index contributed by atoms with van der Waals surface area (Å²) in [6, 6.07) is 2.45. The Hall–Kier alpha value is -1.50. The summed E-state index contributed by atoms with van der Waals surface area (Å²) in [5.74, 6) is -0.833. The minimum atomic E-state index is -0.493. The molecular formula is C14H19Cl2FN4O. The highest BCUT2D eigenvalue weighted by atomic mass is 35.5. The number of amides is 1. The van der Waals surface area contributed by atoms with Crippen LogP contribution in [0.3, 0.4) is 0 Å². The van der Waals surface area contributed by atoms with Crippen molar-refractivity contribution in [1.29, 1.82) is 0 Å². The van der Waals surface area contributed by atoms with Gasteiger partial charge in [0.25, 0.3) is 5.91 Å². The Bertz CT molecular complexity index is 612. The van der Waals surface area contributed by atoms with Gasteiger partial charge < -0.3 is 10.6 Å². The van der Waals surface area contributed by atoms with Gasteiger partial charge >= 0.3 is 0 Å². The molecule has 122 valence electrons. The highest BCUT2D eigenvalue weighted by Crippen LogP contribution is 2.16. The van der Waals surface area contributed by atoms with E-state index in [0.29, 0.717) is 24.1 Å². The van der Waals surface area contributed by atoms with Gasteiger partial charge in [-0.25, -0.2) is 4.39 Å². The van der Waals surface area contributed by atoms with E-state index in [0.717, 1.165) is 13.0 Å². The fourth-order valence-corrected chi connectivity index (χ4v) is 1.87. The zero-order chi connectivity index (χ0) is 14.4. The van der Waals surface area contributed by atoms with Crippen LogP contribution in [-0.2, 0) is 0 Å². The van der Waals surface area contributed by atoms with Gasteiger partial charge in [-0.15, -0.1) is 24.8 Å². The predicted molar refractivity (Wildman–Crippen MR) is 89.5 cm³/mol. The number of rotatable bonds is 6. The molecule has 5 nitrogen and oxygen atoms in total. The van der Waals surface area contributed by atoms with Crippen molar-refractivity contribution >= 4 is 41.8 Å².